The summed E-state index contributed by atoms with van der Waals surface area (Å²) in [6.45, 7) is 5.25. The first-order valence-electron chi connectivity index (χ1n) is 5.87. The molecule has 1 rings (SSSR count). The number of aryl methyl sites for hydroxylation is 1. The monoisotopic (exact) mass is 406 g/mol. The number of carbonyl (C=O) groups is 2. The Kier molecular flexibility index (Phi) is 5.59. The smallest absolute Gasteiger partial charge is 0.319 e. The minimum Gasteiger partial charge on any atom is -0.481 e. The SMILES string of the molecule is Cc1cc(Br)c(NC(=O)NC(C)(C)CC(=O)O)c(Br)c1. The Bertz CT molecular complexity index is 521. The normalized spacial score (nSPS) is 11.1. The highest BCUT2D eigenvalue weighted by atomic mass is 79.9. The van der Waals surface area contributed by atoms with E-state index < -0.39 is 17.5 Å². The maximum Gasteiger partial charge on any atom is 0.319 e. The number of anilines is 1. The minimum atomic E-state index is -0.965. The number of carboxylic acid groups (broad SMARTS) is 1. The molecule has 0 unspecified atom stereocenters. The molecule has 0 spiro atoms. The molecule has 3 N–H and O–H groups in total. The summed E-state index contributed by atoms with van der Waals surface area (Å²) in [5.74, 6) is -0.965. The van der Waals surface area contributed by atoms with Gasteiger partial charge < -0.3 is 15.7 Å². The fourth-order valence-corrected chi connectivity index (χ4v) is 3.31. The summed E-state index contributed by atoms with van der Waals surface area (Å²) in [6.07, 6.45) is -0.156. The van der Waals surface area contributed by atoms with Crippen molar-refractivity contribution >= 4 is 49.5 Å². The van der Waals surface area contributed by atoms with Crippen LogP contribution in [0.25, 0.3) is 0 Å². The fraction of sp³-hybridized carbons (Fsp3) is 0.385. The average Bonchev–Trinajstić information content (AvgIpc) is 2.20. The lowest BCUT2D eigenvalue weighted by atomic mass is 10.0. The van der Waals surface area contributed by atoms with Crippen LogP contribution in [0.3, 0.4) is 0 Å². The molecule has 0 saturated heterocycles. The van der Waals surface area contributed by atoms with Crippen molar-refractivity contribution in [3.63, 3.8) is 0 Å². The van der Waals surface area contributed by atoms with E-state index in [1.54, 1.807) is 13.8 Å². The molecule has 0 saturated carbocycles. The van der Waals surface area contributed by atoms with E-state index in [1.165, 1.54) is 0 Å². The van der Waals surface area contributed by atoms with Gasteiger partial charge in [-0.05, 0) is 70.3 Å². The van der Waals surface area contributed by atoms with Crippen molar-refractivity contribution in [2.45, 2.75) is 32.7 Å². The number of nitrogens with one attached hydrogen (secondary N) is 2. The van der Waals surface area contributed by atoms with E-state index in [0.29, 0.717) is 5.69 Å². The van der Waals surface area contributed by atoms with Crippen LogP contribution < -0.4 is 10.6 Å². The predicted molar refractivity (Wildman–Crippen MR) is 85.1 cm³/mol. The van der Waals surface area contributed by atoms with Gasteiger partial charge in [-0.25, -0.2) is 4.79 Å². The van der Waals surface area contributed by atoms with Crippen molar-refractivity contribution < 1.29 is 14.7 Å². The molecule has 0 aliphatic rings. The molecule has 0 atom stereocenters. The van der Waals surface area contributed by atoms with Crippen molar-refractivity contribution in [1.29, 1.82) is 0 Å². The number of carboxylic acids is 1. The molecule has 2 amide bonds. The van der Waals surface area contributed by atoms with E-state index in [9.17, 15) is 9.59 Å². The Morgan fingerprint density at radius 3 is 2.20 bits per heavy atom. The first-order chi connectivity index (χ1) is 9.10. The molecule has 1 aromatic carbocycles. The number of hydrogen-bond donors (Lipinski definition) is 3. The number of benzene rings is 1. The van der Waals surface area contributed by atoms with Gasteiger partial charge in [0.05, 0.1) is 12.1 Å². The topological polar surface area (TPSA) is 78.4 Å². The molecule has 5 nitrogen and oxygen atoms in total. The molecule has 7 heteroatoms. The second-order valence-corrected chi connectivity index (χ2v) is 6.85. The van der Waals surface area contributed by atoms with E-state index in [4.69, 9.17) is 5.11 Å². The highest BCUT2D eigenvalue weighted by Crippen LogP contribution is 2.32. The largest absolute Gasteiger partial charge is 0.481 e. The van der Waals surface area contributed by atoms with Crippen molar-refractivity contribution in [1.82, 2.24) is 5.32 Å². The van der Waals surface area contributed by atoms with Gasteiger partial charge in [0, 0.05) is 14.5 Å². The Morgan fingerprint density at radius 2 is 1.75 bits per heavy atom. The Labute approximate surface area is 134 Å². The minimum absolute atomic E-state index is 0.156. The summed E-state index contributed by atoms with van der Waals surface area (Å²) in [5.41, 5.74) is 0.805. The Balaban J connectivity index is 2.79. The zero-order valence-corrected chi connectivity index (χ0v) is 14.6. The van der Waals surface area contributed by atoms with Gasteiger partial charge in [-0.2, -0.15) is 0 Å². The quantitative estimate of drug-likeness (QED) is 0.708. The van der Waals surface area contributed by atoms with Crippen LogP contribution in [0.4, 0.5) is 10.5 Å². The summed E-state index contributed by atoms with van der Waals surface area (Å²) >= 11 is 6.76. The number of hydrogen-bond acceptors (Lipinski definition) is 2. The number of aliphatic carboxylic acids is 1. The second kappa shape index (κ2) is 6.58. The zero-order valence-electron chi connectivity index (χ0n) is 11.4. The molecular formula is C13H16Br2N2O3. The molecule has 20 heavy (non-hydrogen) atoms. The Morgan fingerprint density at radius 1 is 1.25 bits per heavy atom. The van der Waals surface area contributed by atoms with E-state index in [2.05, 4.69) is 42.5 Å². The fourth-order valence-electron chi connectivity index (χ4n) is 1.69. The lowest BCUT2D eigenvalue weighted by Gasteiger charge is -2.24. The maximum absolute atomic E-state index is 11.9. The van der Waals surface area contributed by atoms with Gasteiger partial charge in [-0.15, -0.1) is 0 Å². The number of halogens is 2. The van der Waals surface area contributed by atoms with Crippen LogP contribution in [-0.2, 0) is 4.79 Å². The molecule has 0 fully saturated rings. The van der Waals surface area contributed by atoms with E-state index in [0.717, 1.165) is 14.5 Å². The van der Waals surface area contributed by atoms with Crippen LogP contribution >= 0.6 is 31.9 Å². The van der Waals surface area contributed by atoms with Crippen molar-refractivity contribution in [3.05, 3.63) is 26.6 Å². The summed E-state index contributed by atoms with van der Waals surface area (Å²) in [7, 11) is 0. The lowest BCUT2D eigenvalue weighted by molar-refractivity contribution is -0.138. The molecule has 0 bridgehead atoms. The van der Waals surface area contributed by atoms with E-state index >= 15 is 0 Å². The Hall–Kier alpha value is -1.08. The van der Waals surface area contributed by atoms with Crippen LogP contribution in [-0.4, -0.2) is 22.6 Å². The summed E-state index contributed by atoms with van der Waals surface area (Å²) < 4.78 is 1.49. The molecule has 0 radical (unpaired) electrons. The first-order valence-corrected chi connectivity index (χ1v) is 7.46. The molecule has 1 aromatic rings. The number of amides is 2. The number of rotatable bonds is 4. The van der Waals surface area contributed by atoms with Gasteiger partial charge in [0.15, 0.2) is 0 Å². The summed E-state index contributed by atoms with van der Waals surface area (Å²) in [5, 5.41) is 14.1. The van der Waals surface area contributed by atoms with Crippen LogP contribution in [0.1, 0.15) is 25.8 Å². The average molecular weight is 408 g/mol. The van der Waals surface area contributed by atoms with Gasteiger partial charge in [0.25, 0.3) is 0 Å². The van der Waals surface area contributed by atoms with Gasteiger partial charge in [0.2, 0.25) is 0 Å². The molecule has 0 aliphatic heterocycles. The number of urea groups is 1. The van der Waals surface area contributed by atoms with Crippen LogP contribution in [0, 0.1) is 6.92 Å². The third kappa shape index (κ3) is 5.13. The molecular weight excluding hydrogens is 392 g/mol. The van der Waals surface area contributed by atoms with Crippen molar-refractivity contribution in [2.24, 2.45) is 0 Å². The second-order valence-electron chi connectivity index (χ2n) is 5.14. The summed E-state index contributed by atoms with van der Waals surface area (Å²) in [4.78, 5) is 22.7. The van der Waals surface area contributed by atoms with Gasteiger partial charge in [0.1, 0.15) is 0 Å². The molecule has 0 aliphatic carbocycles. The van der Waals surface area contributed by atoms with Gasteiger partial charge in [-0.3, -0.25) is 4.79 Å². The highest BCUT2D eigenvalue weighted by Gasteiger charge is 2.24. The third-order valence-electron chi connectivity index (χ3n) is 2.47. The highest BCUT2D eigenvalue weighted by molar-refractivity contribution is 9.11. The van der Waals surface area contributed by atoms with Crippen LogP contribution in [0.5, 0.6) is 0 Å². The molecule has 110 valence electrons. The molecule has 0 heterocycles. The number of carbonyl (C=O) groups excluding carboxylic acids is 1. The maximum atomic E-state index is 11.9. The van der Waals surface area contributed by atoms with Gasteiger partial charge in [-0.1, -0.05) is 0 Å². The van der Waals surface area contributed by atoms with Crippen LogP contribution in [0.2, 0.25) is 0 Å². The van der Waals surface area contributed by atoms with Gasteiger partial charge >= 0.3 is 12.0 Å². The first kappa shape index (κ1) is 17.0. The summed E-state index contributed by atoms with van der Waals surface area (Å²) in [6, 6.07) is 3.30. The lowest BCUT2D eigenvalue weighted by Crippen LogP contribution is -2.46. The molecule has 0 aromatic heterocycles. The van der Waals surface area contributed by atoms with Crippen molar-refractivity contribution in [2.75, 3.05) is 5.32 Å². The van der Waals surface area contributed by atoms with Crippen molar-refractivity contribution in [3.8, 4) is 0 Å². The predicted octanol–water partition coefficient (Wildman–Crippen LogP) is 3.89. The zero-order chi connectivity index (χ0) is 15.5. The standard InChI is InChI=1S/C13H16Br2N2O3/c1-7-4-8(14)11(9(15)5-7)16-12(20)17-13(2,3)6-10(18)19/h4-5H,6H2,1-3H3,(H,18,19)(H2,16,17,20). The third-order valence-corrected chi connectivity index (χ3v) is 3.72. The van der Waals surface area contributed by atoms with E-state index in [-0.39, 0.29) is 6.42 Å². The van der Waals surface area contributed by atoms with E-state index in [1.807, 2.05) is 19.1 Å². The van der Waals surface area contributed by atoms with Crippen LogP contribution in [0.15, 0.2) is 21.1 Å².